The molecule has 0 spiro atoms. The number of aliphatic hydroxyl groups is 1. The second-order valence-electron chi connectivity index (χ2n) is 9.92. The highest BCUT2D eigenvalue weighted by molar-refractivity contribution is 8.02. The van der Waals surface area contributed by atoms with Crippen LogP contribution in [-0.2, 0) is 14.3 Å². The fourth-order valence-electron chi connectivity index (χ4n) is 5.96. The predicted octanol–water partition coefficient (Wildman–Crippen LogP) is 2.46. The highest BCUT2D eigenvalue weighted by Gasteiger charge is 2.75. The molecule has 1 aliphatic carbocycles. The molecule has 8 nitrogen and oxygen atoms in total. The summed E-state index contributed by atoms with van der Waals surface area (Å²) < 4.78 is 4.77. The lowest BCUT2D eigenvalue weighted by Crippen LogP contribution is -2.80. The van der Waals surface area contributed by atoms with Crippen LogP contribution in [-0.4, -0.2) is 75.0 Å². The van der Waals surface area contributed by atoms with Crippen molar-refractivity contribution in [3.8, 4) is 0 Å². The molecule has 3 fully saturated rings. The summed E-state index contributed by atoms with van der Waals surface area (Å²) >= 11 is 2.95. The third-order valence-corrected chi connectivity index (χ3v) is 11.0. The summed E-state index contributed by atoms with van der Waals surface area (Å²) in [4.78, 5) is 52.3. The molecule has 6 atom stereocenters. The number of ketones is 1. The van der Waals surface area contributed by atoms with Crippen LogP contribution in [0.15, 0.2) is 60.7 Å². The first-order valence-corrected chi connectivity index (χ1v) is 14.7. The van der Waals surface area contributed by atoms with Crippen molar-refractivity contribution in [1.82, 2.24) is 10.6 Å². The van der Waals surface area contributed by atoms with E-state index in [1.165, 1.54) is 30.6 Å². The van der Waals surface area contributed by atoms with Gasteiger partial charge in [-0.2, -0.15) is 11.8 Å². The molecule has 1 saturated carbocycles. The number of fused-ring (bicyclic) bond motifs is 4. The van der Waals surface area contributed by atoms with E-state index >= 15 is 0 Å². The number of nitrogens with one attached hydrogen (secondary N) is 2. The topological polar surface area (TPSA) is 122 Å². The molecule has 2 amide bonds. The molecule has 0 unspecified atom stereocenters. The first kappa shape index (κ1) is 26.8. The van der Waals surface area contributed by atoms with Crippen molar-refractivity contribution < 1.29 is 29.0 Å². The Labute approximate surface area is 229 Å². The smallest absolute Gasteiger partial charge is 0.305 e. The van der Waals surface area contributed by atoms with Crippen LogP contribution >= 0.6 is 23.5 Å². The number of ether oxygens (including phenoxy) is 1. The summed E-state index contributed by atoms with van der Waals surface area (Å²) in [5, 5.41) is 17.7. The summed E-state index contributed by atoms with van der Waals surface area (Å²) in [6, 6.07) is 16.5. The van der Waals surface area contributed by atoms with E-state index in [2.05, 4.69) is 10.6 Å². The standard InChI is InChI=1S/C28H30N2O6S2/c1-36-21(31)14-8-13-19-22-23(32)27(16-38-22,30-26(34)18-11-6-3-7-12-18)28(35)20(15-37-24(19)28)29-25(33)17-9-4-2-5-10-17/h2-7,9-12,19-20,22,24,35H,8,13-16H2,1H3,(H,29,33)(H,30,34)/t19-,20+,22-,24+,27-,28-/m1/s1. The van der Waals surface area contributed by atoms with Crippen LogP contribution in [0.5, 0.6) is 0 Å². The number of esters is 1. The van der Waals surface area contributed by atoms with Crippen LogP contribution in [0.1, 0.15) is 40.0 Å². The largest absolute Gasteiger partial charge is 0.469 e. The molecule has 2 bridgehead atoms. The molecular weight excluding hydrogens is 524 g/mol. The van der Waals surface area contributed by atoms with Crippen LogP contribution in [0.3, 0.4) is 0 Å². The van der Waals surface area contributed by atoms with Gasteiger partial charge in [-0.15, -0.1) is 11.8 Å². The van der Waals surface area contributed by atoms with Gasteiger partial charge >= 0.3 is 5.97 Å². The van der Waals surface area contributed by atoms with Crippen LogP contribution in [0, 0.1) is 5.92 Å². The number of carbonyl (C=O) groups is 4. The Morgan fingerprint density at radius 1 is 1.00 bits per heavy atom. The number of amides is 2. The van der Waals surface area contributed by atoms with Crippen molar-refractivity contribution in [3.05, 3.63) is 71.8 Å². The summed E-state index contributed by atoms with van der Waals surface area (Å²) in [6.45, 7) is 0. The fraction of sp³-hybridized carbons (Fsp3) is 0.429. The van der Waals surface area contributed by atoms with Gasteiger partial charge in [0.05, 0.1) is 18.4 Å². The van der Waals surface area contributed by atoms with E-state index < -0.39 is 33.6 Å². The Hall–Kier alpha value is -2.82. The molecule has 38 heavy (non-hydrogen) atoms. The maximum atomic E-state index is 14.1. The van der Waals surface area contributed by atoms with Gasteiger partial charge in [0.25, 0.3) is 11.8 Å². The first-order chi connectivity index (χ1) is 18.3. The minimum absolute atomic E-state index is 0.202. The number of methoxy groups -OCH3 is 1. The zero-order valence-corrected chi connectivity index (χ0v) is 22.6. The van der Waals surface area contributed by atoms with E-state index in [1.807, 2.05) is 6.07 Å². The van der Waals surface area contributed by atoms with Gasteiger partial charge in [-0.1, -0.05) is 36.4 Å². The Balaban J connectivity index is 1.49. The van der Waals surface area contributed by atoms with Crippen LogP contribution in [0.2, 0.25) is 0 Å². The van der Waals surface area contributed by atoms with Gasteiger partial charge in [-0.05, 0) is 43.0 Å². The normalized spacial score (nSPS) is 31.4. The monoisotopic (exact) mass is 554 g/mol. The molecular formula is C28H30N2O6S2. The van der Waals surface area contributed by atoms with Gasteiger partial charge in [0.1, 0.15) is 11.1 Å². The molecule has 2 heterocycles. The van der Waals surface area contributed by atoms with Gasteiger partial charge in [0.2, 0.25) is 0 Å². The van der Waals surface area contributed by atoms with Crippen molar-refractivity contribution in [2.75, 3.05) is 18.6 Å². The van der Waals surface area contributed by atoms with Crippen LogP contribution in [0.25, 0.3) is 0 Å². The van der Waals surface area contributed by atoms with Crippen molar-refractivity contribution in [2.45, 2.75) is 46.9 Å². The summed E-state index contributed by atoms with van der Waals surface area (Å²) in [6.07, 6.45) is 1.28. The molecule has 3 aliphatic rings. The van der Waals surface area contributed by atoms with Crippen molar-refractivity contribution in [1.29, 1.82) is 0 Å². The molecule has 2 aliphatic heterocycles. The minimum Gasteiger partial charge on any atom is -0.469 e. The van der Waals surface area contributed by atoms with E-state index in [9.17, 15) is 24.3 Å². The van der Waals surface area contributed by atoms with Gasteiger partial charge < -0.3 is 20.5 Å². The molecule has 0 aromatic heterocycles. The van der Waals surface area contributed by atoms with Gasteiger partial charge in [0.15, 0.2) is 5.78 Å². The van der Waals surface area contributed by atoms with E-state index in [1.54, 1.807) is 54.6 Å². The molecule has 5 rings (SSSR count). The lowest BCUT2D eigenvalue weighted by molar-refractivity contribution is -0.145. The van der Waals surface area contributed by atoms with Crippen LogP contribution in [0.4, 0.5) is 0 Å². The Morgan fingerprint density at radius 3 is 2.26 bits per heavy atom. The van der Waals surface area contributed by atoms with Crippen LogP contribution < -0.4 is 10.6 Å². The molecule has 2 aromatic rings. The molecule has 10 heteroatoms. The Bertz CT molecular complexity index is 1230. The summed E-state index contributed by atoms with van der Waals surface area (Å²) in [5.74, 6) is -0.976. The minimum atomic E-state index is -1.72. The quantitative estimate of drug-likeness (QED) is 0.426. The average molecular weight is 555 g/mol. The third-order valence-electron chi connectivity index (χ3n) is 7.88. The van der Waals surface area contributed by atoms with Crippen molar-refractivity contribution in [2.24, 2.45) is 5.92 Å². The number of Topliss-reactive ketones (excluding diaryl/α,β-unsaturated/α-hetero) is 1. The second kappa shape index (κ2) is 10.7. The summed E-state index contributed by atoms with van der Waals surface area (Å²) in [5.41, 5.74) is -2.45. The van der Waals surface area contributed by atoms with Gasteiger partial charge in [-0.25, -0.2) is 0 Å². The average Bonchev–Trinajstić information content (AvgIpc) is 3.42. The van der Waals surface area contributed by atoms with Gasteiger partial charge in [-0.3, -0.25) is 19.2 Å². The molecule has 2 saturated heterocycles. The van der Waals surface area contributed by atoms with E-state index in [-0.39, 0.29) is 35.8 Å². The molecule has 2 aromatic carbocycles. The fourth-order valence-corrected chi connectivity index (χ4v) is 9.72. The predicted molar refractivity (Wildman–Crippen MR) is 146 cm³/mol. The van der Waals surface area contributed by atoms with E-state index in [4.69, 9.17) is 4.74 Å². The van der Waals surface area contributed by atoms with Gasteiger partial charge in [0, 0.05) is 34.3 Å². The zero-order chi connectivity index (χ0) is 26.9. The number of hydrogen-bond donors (Lipinski definition) is 3. The lowest BCUT2D eigenvalue weighted by Gasteiger charge is -2.52. The Kier molecular flexibility index (Phi) is 7.57. The number of benzene rings is 2. The molecule has 3 N–H and O–H groups in total. The molecule has 0 radical (unpaired) electrons. The van der Waals surface area contributed by atoms with E-state index in [0.717, 1.165) is 0 Å². The van der Waals surface area contributed by atoms with Crippen molar-refractivity contribution >= 4 is 47.1 Å². The second-order valence-corrected chi connectivity index (χ2v) is 12.2. The zero-order valence-electron chi connectivity index (χ0n) is 20.9. The highest BCUT2D eigenvalue weighted by atomic mass is 32.2. The molecule has 200 valence electrons. The first-order valence-electron chi connectivity index (χ1n) is 12.6. The van der Waals surface area contributed by atoms with Crippen molar-refractivity contribution in [3.63, 3.8) is 0 Å². The highest BCUT2D eigenvalue weighted by Crippen LogP contribution is 2.59. The number of rotatable bonds is 8. The number of thioether (sulfide) groups is 2. The van der Waals surface area contributed by atoms with E-state index in [0.29, 0.717) is 29.7 Å². The number of hydrogen-bond acceptors (Lipinski definition) is 8. The Morgan fingerprint density at radius 2 is 1.63 bits per heavy atom. The SMILES string of the molecule is COC(=O)CCC[C@@H]1[C@H]2SC[C@@](NC(=O)c3ccccc3)(C2=O)[C@@]2(O)[C@@H](NC(=O)c3ccccc3)CS[C@@H]12. The third kappa shape index (κ3) is 4.42. The lowest BCUT2D eigenvalue weighted by atomic mass is 9.61. The summed E-state index contributed by atoms with van der Waals surface area (Å²) in [7, 11) is 1.34. The maximum absolute atomic E-state index is 14.1. The number of carbonyl (C=O) groups excluding carboxylic acids is 4. The maximum Gasteiger partial charge on any atom is 0.305 e.